The zero-order chi connectivity index (χ0) is 17.8. The van der Waals surface area contributed by atoms with Crippen LogP contribution in [0.15, 0.2) is 34.9 Å². The van der Waals surface area contributed by atoms with E-state index in [9.17, 15) is 4.79 Å². The molecule has 2 atom stereocenters. The molecule has 8 heteroatoms. The topological polar surface area (TPSA) is 74.6 Å². The third-order valence-electron chi connectivity index (χ3n) is 4.40. The predicted molar refractivity (Wildman–Crippen MR) is 101 cm³/mol. The van der Waals surface area contributed by atoms with Gasteiger partial charge in [-0.05, 0) is 49.3 Å². The Bertz CT molecular complexity index is 780. The molecule has 1 aliphatic carbocycles. The summed E-state index contributed by atoms with van der Waals surface area (Å²) in [6.45, 7) is 0. The fraction of sp³-hybridized carbons (Fsp3) is 0.353. The van der Waals surface area contributed by atoms with Crippen LogP contribution >= 0.6 is 34.5 Å². The van der Waals surface area contributed by atoms with Crippen molar-refractivity contribution >= 4 is 51.3 Å². The van der Waals surface area contributed by atoms with E-state index in [-0.39, 0.29) is 17.7 Å². The van der Waals surface area contributed by atoms with Crippen LogP contribution < -0.4 is 5.32 Å². The number of rotatable bonds is 5. The molecule has 2 N–H and O–H groups in total. The second-order valence-corrected chi connectivity index (χ2v) is 7.77. The molecule has 1 saturated carbocycles. The molecule has 2 aromatic rings. The third kappa shape index (κ3) is 4.51. The molecule has 1 aliphatic rings. The Morgan fingerprint density at radius 3 is 2.92 bits per heavy atom. The van der Waals surface area contributed by atoms with Crippen molar-refractivity contribution in [3.05, 3.63) is 45.4 Å². The summed E-state index contributed by atoms with van der Waals surface area (Å²) in [4.78, 5) is 17.0. The molecular formula is C17H17Cl2N3O2S. The van der Waals surface area contributed by atoms with E-state index in [0.29, 0.717) is 28.0 Å². The van der Waals surface area contributed by atoms with E-state index in [0.717, 1.165) is 24.1 Å². The lowest BCUT2D eigenvalue weighted by Gasteiger charge is -2.20. The summed E-state index contributed by atoms with van der Waals surface area (Å²) in [5.41, 5.74) is 1.61. The van der Waals surface area contributed by atoms with Crippen LogP contribution in [0.5, 0.6) is 0 Å². The molecule has 1 aromatic carbocycles. The van der Waals surface area contributed by atoms with Gasteiger partial charge in [0, 0.05) is 11.6 Å². The number of anilines is 1. The van der Waals surface area contributed by atoms with Crippen molar-refractivity contribution in [3.8, 4) is 0 Å². The quantitative estimate of drug-likeness (QED) is 0.538. The maximum atomic E-state index is 12.8. The minimum Gasteiger partial charge on any atom is -0.411 e. The first-order chi connectivity index (χ1) is 12.1. The highest BCUT2D eigenvalue weighted by atomic mass is 35.5. The zero-order valence-electron chi connectivity index (χ0n) is 13.3. The Labute approximate surface area is 159 Å². The molecule has 1 fully saturated rings. The number of thiazole rings is 1. The highest BCUT2D eigenvalue weighted by molar-refractivity contribution is 7.13. The average Bonchev–Trinajstić information content (AvgIpc) is 3.26. The Morgan fingerprint density at radius 1 is 1.44 bits per heavy atom. The first kappa shape index (κ1) is 18.2. The fourth-order valence-electron chi connectivity index (χ4n) is 3.13. The maximum absolute atomic E-state index is 12.8. The van der Waals surface area contributed by atoms with Crippen LogP contribution in [-0.2, 0) is 4.79 Å². The lowest BCUT2D eigenvalue weighted by Crippen LogP contribution is -2.23. The summed E-state index contributed by atoms with van der Waals surface area (Å²) >= 11 is 13.5. The van der Waals surface area contributed by atoms with Gasteiger partial charge in [-0.25, -0.2) is 4.98 Å². The molecular weight excluding hydrogens is 381 g/mol. The van der Waals surface area contributed by atoms with Crippen LogP contribution in [0.3, 0.4) is 0 Å². The van der Waals surface area contributed by atoms with Crippen molar-refractivity contribution in [1.82, 2.24) is 4.98 Å². The van der Waals surface area contributed by atoms with Gasteiger partial charge in [0.15, 0.2) is 5.13 Å². The zero-order valence-corrected chi connectivity index (χ0v) is 15.6. The van der Waals surface area contributed by atoms with Crippen LogP contribution in [0.1, 0.15) is 37.2 Å². The molecule has 0 saturated heterocycles. The van der Waals surface area contributed by atoms with Crippen LogP contribution in [0, 0.1) is 5.92 Å². The van der Waals surface area contributed by atoms with E-state index in [1.165, 1.54) is 11.3 Å². The summed E-state index contributed by atoms with van der Waals surface area (Å²) in [5, 5.41) is 18.4. The molecule has 2 unspecified atom stereocenters. The largest absolute Gasteiger partial charge is 0.411 e. The first-order valence-corrected chi connectivity index (χ1v) is 9.55. The van der Waals surface area contributed by atoms with E-state index < -0.39 is 0 Å². The van der Waals surface area contributed by atoms with Crippen LogP contribution in [0.2, 0.25) is 10.0 Å². The van der Waals surface area contributed by atoms with Gasteiger partial charge < -0.3 is 10.5 Å². The third-order valence-corrected chi connectivity index (χ3v) is 5.83. The van der Waals surface area contributed by atoms with E-state index in [4.69, 9.17) is 28.4 Å². The molecule has 1 amide bonds. The SMILES string of the molecule is O=C(Nc1nccs1)C(CC1CCC(=NO)C1)c1ccc(Cl)c(Cl)c1. The van der Waals surface area contributed by atoms with Crippen LogP contribution in [0.4, 0.5) is 5.13 Å². The minimum atomic E-state index is -0.373. The van der Waals surface area contributed by atoms with Gasteiger partial charge in [-0.1, -0.05) is 34.4 Å². The summed E-state index contributed by atoms with van der Waals surface area (Å²) in [5.74, 6) is -0.211. The number of nitrogens with one attached hydrogen (secondary N) is 1. The molecule has 5 nitrogen and oxygen atoms in total. The van der Waals surface area contributed by atoms with Crippen molar-refractivity contribution in [2.75, 3.05) is 5.32 Å². The van der Waals surface area contributed by atoms with E-state index in [1.807, 2.05) is 11.4 Å². The van der Waals surface area contributed by atoms with Gasteiger partial charge in [-0.2, -0.15) is 0 Å². The van der Waals surface area contributed by atoms with E-state index >= 15 is 0 Å². The number of amides is 1. The number of aromatic nitrogens is 1. The van der Waals surface area contributed by atoms with Gasteiger partial charge in [0.2, 0.25) is 5.91 Å². The number of carbonyl (C=O) groups is 1. The Morgan fingerprint density at radius 2 is 2.28 bits per heavy atom. The van der Waals surface area contributed by atoms with Crippen molar-refractivity contribution < 1.29 is 10.0 Å². The van der Waals surface area contributed by atoms with Gasteiger partial charge in [-0.3, -0.25) is 4.79 Å². The lowest BCUT2D eigenvalue weighted by molar-refractivity contribution is -0.118. The van der Waals surface area contributed by atoms with Gasteiger partial charge in [0.25, 0.3) is 0 Å². The molecule has 1 aromatic heterocycles. The maximum Gasteiger partial charge on any atom is 0.233 e. The Hall–Kier alpha value is -1.63. The van der Waals surface area contributed by atoms with Gasteiger partial charge >= 0.3 is 0 Å². The summed E-state index contributed by atoms with van der Waals surface area (Å²) in [7, 11) is 0. The molecule has 132 valence electrons. The van der Waals surface area contributed by atoms with Crippen molar-refractivity contribution in [2.45, 2.75) is 31.6 Å². The number of nitrogens with zero attached hydrogens (tertiary/aromatic N) is 2. The van der Waals surface area contributed by atoms with Crippen molar-refractivity contribution in [1.29, 1.82) is 0 Å². The number of halogens is 2. The number of hydrogen-bond donors (Lipinski definition) is 2. The number of oxime groups is 1. The molecule has 0 bridgehead atoms. The Kier molecular flexibility index (Phi) is 5.93. The van der Waals surface area contributed by atoms with Gasteiger partial charge in [-0.15, -0.1) is 11.3 Å². The summed E-state index contributed by atoms with van der Waals surface area (Å²) in [6.07, 6.45) is 4.67. The Balaban J connectivity index is 1.82. The second kappa shape index (κ2) is 8.17. The predicted octanol–water partition coefficient (Wildman–Crippen LogP) is 5.19. The standard InChI is InChI=1S/C17H17Cl2N3O2S/c18-14-4-2-11(9-15(14)19)13(8-10-1-3-12(7-10)22-24)16(23)21-17-20-5-6-25-17/h2,4-6,9-10,13,24H,1,3,7-8H2,(H,20,21,23). The summed E-state index contributed by atoms with van der Waals surface area (Å²) < 4.78 is 0. The highest BCUT2D eigenvalue weighted by Gasteiger charge is 2.29. The monoisotopic (exact) mass is 397 g/mol. The number of benzene rings is 1. The number of hydrogen-bond acceptors (Lipinski definition) is 5. The van der Waals surface area contributed by atoms with E-state index in [2.05, 4.69) is 15.5 Å². The van der Waals surface area contributed by atoms with Gasteiger partial charge in [0.05, 0.1) is 21.7 Å². The summed E-state index contributed by atoms with van der Waals surface area (Å²) in [6, 6.07) is 5.28. The van der Waals surface area contributed by atoms with Crippen molar-refractivity contribution in [3.63, 3.8) is 0 Å². The molecule has 0 radical (unpaired) electrons. The van der Waals surface area contributed by atoms with Gasteiger partial charge in [0.1, 0.15) is 0 Å². The minimum absolute atomic E-state index is 0.122. The fourth-order valence-corrected chi connectivity index (χ4v) is 3.97. The van der Waals surface area contributed by atoms with Crippen LogP contribution in [-0.4, -0.2) is 21.8 Å². The molecule has 0 spiro atoms. The smallest absolute Gasteiger partial charge is 0.233 e. The average molecular weight is 398 g/mol. The molecule has 0 aliphatic heterocycles. The van der Waals surface area contributed by atoms with E-state index in [1.54, 1.807) is 18.3 Å². The molecule has 1 heterocycles. The normalized spacial score (nSPS) is 19.9. The highest BCUT2D eigenvalue weighted by Crippen LogP contribution is 2.36. The first-order valence-electron chi connectivity index (χ1n) is 7.92. The van der Waals surface area contributed by atoms with Crippen molar-refractivity contribution in [2.24, 2.45) is 11.1 Å². The number of carbonyl (C=O) groups excluding carboxylic acids is 1. The second-order valence-electron chi connectivity index (χ2n) is 6.06. The molecule has 25 heavy (non-hydrogen) atoms. The lowest BCUT2D eigenvalue weighted by atomic mass is 9.87. The van der Waals surface area contributed by atoms with Crippen LogP contribution in [0.25, 0.3) is 0 Å². The molecule has 3 rings (SSSR count).